The summed E-state index contributed by atoms with van der Waals surface area (Å²) in [6, 6.07) is 6.89. The molecule has 1 aromatic carbocycles. The monoisotopic (exact) mass is 240 g/mol. The van der Waals surface area contributed by atoms with Gasteiger partial charge < -0.3 is 0 Å². The summed E-state index contributed by atoms with van der Waals surface area (Å²) in [4.78, 5) is 0. The maximum atomic E-state index is 2.37. The van der Waals surface area contributed by atoms with Gasteiger partial charge in [-0.1, -0.05) is 68.7 Å². The number of fused-ring (bicyclic) bond motifs is 1. The fraction of sp³-hybridized carbons (Fsp3) is 0.444. The Morgan fingerprint density at radius 1 is 1.22 bits per heavy atom. The molecule has 0 nitrogen and oxygen atoms in total. The third-order valence-corrected chi connectivity index (χ3v) is 4.05. The molecular weight excluding hydrogens is 216 g/mol. The molecule has 0 radical (unpaired) electrons. The zero-order chi connectivity index (χ0) is 13.3. The van der Waals surface area contributed by atoms with Gasteiger partial charge in [0.1, 0.15) is 0 Å². The minimum absolute atomic E-state index is 0.187. The first kappa shape index (κ1) is 13.1. The third kappa shape index (κ3) is 1.94. The van der Waals surface area contributed by atoms with Crippen LogP contribution in [0.4, 0.5) is 0 Å². The predicted molar refractivity (Wildman–Crippen MR) is 80.8 cm³/mol. The number of allylic oxidation sites excluding steroid dienone is 4. The summed E-state index contributed by atoms with van der Waals surface area (Å²) in [6.45, 7) is 11.3. The van der Waals surface area contributed by atoms with Gasteiger partial charge in [0.25, 0.3) is 0 Å². The lowest BCUT2D eigenvalue weighted by molar-refractivity contribution is 0.602. The summed E-state index contributed by atoms with van der Waals surface area (Å²) < 4.78 is 0. The van der Waals surface area contributed by atoms with Gasteiger partial charge in [0.05, 0.1) is 0 Å². The second-order valence-corrected chi connectivity index (χ2v) is 5.82. The lowest BCUT2D eigenvalue weighted by Crippen LogP contribution is -2.17. The molecule has 2 rings (SSSR count). The Morgan fingerprint density at radius 3 is 2.56 bits per heavy atom. The van der Waals surface area contributed by atoms with Crippen LogP contribution in [0.1, 0.15) is 57.2 Å². The van der Waals surface area contributed by atoms with Crippen molar-refractivity contribution >= 4 is 5.57 Å². The van der Waals surface area contributed by atoms with E-state index < -0.39 is 0 Å². The van der Waals surface area contributed by atoms with Gasteiger partial charge in [0.2, 0.25) is 0 Å². The van der Waals surface area contributed by atoms with Crippen LogP contribution in [-0.2, 0) is 5.41 Å². The molecule has 18 heavy (non-hydrogen) atoms. The van der Waals surface area contributed by atoms with Crippen LogP contribution in [0, 0.1) is 6.92 Å². The predicted octanol–water partition coefficient (Wildman–Crippen LogP) is 5.42. The fourth-order valence-corrected chi connectivity index (χ4v) is 3.13. The van der Waals surface area contributed by atoms with E-state index in [9.17, 15) is 0 Å². The number of hydrogen-bond acceptors (Lipinski definition) is 0. The van der Waals surface area contributed by atoms with Gasteiger partial charge in [-0.25, -0.2) is 0 Å². The molecule has 0 heterocycles. The summed E-state index contributed by atoms with van der Waals surface area (Å²) in [5.74, 6) is 0. The highest BCUT2D eigenvalue weighted by Gasteiger charge is 2.35. The standard InChI is InChI=1S/C18H24/c1-6-8-14-15-11-10-13(3)12-17(15)18(4,5)16(14)9-7-2/h6,8,10-12H,7,9H2,1-5H3/b8-6-. The van der Waals surface area contributed by atoms with E-state index in [1.165, 1.54) is 35.1 Å². The van der Waals surface area contributed by atoms with E-state index in [1.807, 2.05) is 0 Å². The van der Waals surface area contributed by atoms with Crippen molar-refractivity contribution in [3.8, 4) is 0 Å². The van der Waals surface area contributed by atoms with Gasteiger partial charge in [-0.3, -0.25) is 0 Å². The summed E-state index contributed by atoms with van der Waals surface area (Å²) in [5, 5.41) is 0. The van der Waals surface area contributed by atoms with Crippen molar-refractivity contribution in [3.05, 3.63) is 52.6 Å². The van der Waals surface area contributed by atoms with Gasteiger partial charge in [-0.15, -0.1) is 0 Å². The van der Waals surface area contributed by atoms with Gasteiger partial charge in [-0.2, -0.15) is 0 Å². The minimum atomic E-state index is 0.187. The van der Waals surface area contributed by atoms with Gasteiger partial charge >= 0.3 is 0 Å². The second kappa shape index (κ2) is 4.76. The highest BCUT2D eigenvalue weighted by molar-refractivity contribution is 5.86. The van der Waals surface area contributed by atoms with Crippen LogP contribution in [0.3, 0.4) is 0 Å². The topological polar surface area (TPSA) is 0 Å². The molecule has 1 aliphatic carbocycles. The molecule has 96 valence electrons. The second-order valence-electron chi connectivity index (χ2n) is 5.82. The maximum Gasteiger partial charge on any atom is 0.0120 e. The average molecular weight is 240 g/mol. The van der Waals surface area contributed by atoms with E-state index in [2.05, 4.69) is 65.0 Å². The van der Waals surface area contributed by atoms with Crippen LogP contribution < -0.4 is 0 Å². The van der Waals surface area contributed by atoms with E-state index in [0.717, 1.165) is 0 Å². The first-order valence-corrected chi connectivity index (χ1v) is 7.00. The fourth-order valence-electron chi connectivity index (χ4n) is 3.13. The molecule has 0 N–H and O–H groups in total. The van der Waals surface area contributed by atoms with Crippen molar-refractivity contribution in [2.75, 3.05) is 0 Å². The van der Waals surface area contributed by atoms with Crippen LogP contribution in [-0.4, -0.2) is 0 Å². The van der Waals surface area contributed by atoms with E-state index in [4.69, 9.17) is 0 Å². The molecule has 0 spiro atoms. The van der Waals surface area contributed by atoms with Crippen molar-refractivity contribution < 1.29 is 0 Å². The molecule has 1 aliphatic rings. The smallest absolute Gasteiger partial charge is 0.0120 e. The summed E-state index contributed by atoms with van der Waals surface area (Å²) in [7, 11) is 0. The molecule has 0 amide bonds. The Kier molecular flexibility index (Phi) is 3.47. The van der Waals surface area contributed by atoms with E-state index in [-0.39, 0.29) is 5.41 Å². The van der Waals surface area contributed by atoms with Crippen molar-refractivity contribution in [3.63, 3.8) is 0 Å². The number of rotatable bonds is 3. The Balaban J connectivity index is 2.66. The minimum Gasteiger partial charge on any atom is -0.0870 e. The number of hydrogen-bond donors (Lipinski definition) is 0. The van der Waals surface area contributed by atoms with Crippen molar-refractivity contribution in [2.24, 2.45) is 0 Å². The zero-order valence-electron chi connectivity index (χ0n) is 12.3. The SMILES string of the molecule is C/C=C\C1=C(CCC)C(C)(C)c2cc(C)ccc21. The lowest BCUT2D eigenvalue weighted by atomic mass is 9.79. The Hall–Kier alpha value is -1.30. The number of aryl methyl sites for hydroxylation is 1. The van der Waals surface area contributed by atoms with Crippen molar-refractivity contribution in [2.45, 2.75) is 52.9 Å². The van der Waals surface area contributed by atoms with E-state index in [0.29, 0.717) is 0 Å². The Bertz CT molecular complexity index is 513. The van der Waals surface area contributed by atoms with Crippen molar-refractivity contribution in [1.29, 1.82) is 0 Å². The molecule has 0 heteroatoms. The third-order valence-electron chi connectivity index (χ3n) is 4.05. The molecular formula is C18H24. The largest absolute Gasteiger partial charge is 0.0870 e. The average Bonchev–Trinajstić information content (AvgIpc) is 2.52. The molecule has 1 aromatic rings. The molecule has 0 aliphatic heterocycles. The molecule has 0 fully saturated rings. The van der Waals surface area contributed by atoms with Crippen LogP contribution in [0.5, 0.6) is 0 Å². The first-order chi connectivity index (χ1) is 8.52. The van der Waals surface area contributed by atoms with Gasteiger partial charge in [0, 0.05) is 5.41 Å². The molecule has 0 atom stereocenters. The Labute approximate surface area is 111 Å². The van der Waals surface area contributed by atoms with Crippen LogP contribution in [0.25, 0.3) is 5.57 Å². The highest BCUT2D eigenvalue weighted by atomic mass is 14.4. The molecule has 0 unspecified atom stereocenters. The van der Waals surface area contributed by atoms with Gasteiger partial charge in [0.15, 0.2) is 0 Å². The summed E-state index contributed by atoms with van der Waals surface area (Å²) in [6.07, 6.45) is 6.86. The Morgan fingerprint density at radius 2 is 1.94 bits per heavy atom. The van der Waals surface area contributed by atoms with E-state index >= 15 is 0 Å². The van der Waals surface area contributed by atoms with Crippen LogP contribution >= 0.6 is 0 Å². The maximum absolute atomic E-state index is 2.37. The highest BCUT2D eigenvalue weighted by Crippen LogP contribution is 2.48. The molecule has 0 bridgehead atoms. The van der Waals surface area contributed by atoms with Gasteiger partial charge in [-0.05, 0) is 37.0 Å². The summed E-state index contributed by atoms with van der Waals surface area (Å²) >= 11 is 0. The number of benzene rings is 1. The van der Waals surface area contributed by atoms with E-state index in [1.54, 1.807) is 5.57 Å². The first-order valence-electron chi connectivity index (χ1n) is 7.00. The summed E-state index contributed by atoms with van der Waals surface area (Å²) in [5.41, 5.74) is 7.54. The molecule has 0 saturated heterocycles. The molecule has 0 saturated carbocycles. The van der Waals surface area contributed by atoms with Crippen LogP contribution in [0.15, 0.2) is 35.9 Å². The quantitative estimate of drug-likeness (QED) is 0.662. The molecule has 0 aromatic heterocycles. The normalized spacial score (nSPS) is 17.6. The van der Waals surface area contributed by atoms with Crippen LogP contribution in [0.2, 0.25) is 0 Å². The lowest BCUT2D eigenvalue weighted by Gasteiger charge is -2.25. The van der Waals surface area contributed by atoms with Crippen molar-refractivity contribution in [1.82, 2.24) is 0 Å². The zero-order valence-corrected chi connectivity index (χ0v) is 12.3.